The highest BCUT2D eigenvalue weighted by molar-refractivity contribution is 5.40. The van der Waals surface area contributed by atoms with Crippen LogP contribution in [0.1, 0.15) is 20.8 Å². The van der Waals surface area contributed by atoms with Crippen molar-refractivity contribution in [2.45, 2.75) is 26.9 Å². The summed E-state index contributed by atoms with van der Waals surface area (Å²) < 4.78 is 0. The summed E-state index contributed by atoms with van der Waals surface area (Å²) in [5, 5.41) is 9.34. The zero-order valence-corrected chi connectivity index (χ0v) is 7.05. The fraction of sp³-hybridized carbons (Fsp3) is 0.500. The second-order valence-corrected chi connectivity index (χ2v) is 2.77. The first-order valence-electron chi connectivity index (χ1n) is 3.64. The standard InChI is InChI=1S/C8H13N2O/c1-5-4-9-10-6(2)8(5)7(3)11/h4,7,10-11H,1-3H3/q-1/t7-/m0/s1. The molecule has 0 aromatic rings. The minimum atomic E-state index is -0.422. The molecule has 11 heavy (non-hydrogen) atoms. The molecule has 1 aliphatic rings. The van der Waals surface area contributed by atoms with Gasteiger partial charge in [0.15, 0.2) is 0 Å². The number of nitrogens with zero attached hydrogens (tertiary/aromatic N) is 1. The fourth-order valence-corrected chi connectivity index (χ4v) is 1.29. The fourth-order valence-electron chi connectivity index (χ4n) is 1.29. The Morgan fingerprint density at radius 2 is 2.18 bits per heavy atom. The summed E-state index contributed by atoms with van der Waals surface area (Å²) in [7, 11) is 0. The largest absolute Gasteiger partial charge is 0.604 e. The molecule has 0 spiro atoms. The van der Waals surface area contributed by atoms with Gasteiger partial charge in [0.05, 0.1) is 6.10 Å². The zero-order valence-electron chi connectivity index (χ0n) is 7.05. The third-order valence-electron chi connectivity index (χ3n) is 1.74. The summed E-state index contributed by atoms with van der Waals surface area (Å²) in [6.07, 6.45) is 1.30. The molecule has 0 aromatic heterocycles. The molecule has 62 valence electrons. The Balaban J connectivity index is 2.94. The maximum atomic E-state index is 9.34. The van der Waals surface area contributed by atoms with Crippen molar-refractivity contribution >= 4 is 0 Å². The molecule has 0 fully saturated rings. The van der Waals surface area contributed by atoms with Crippen LogP contribution >= 0.6 is 0 Å². The van der Waals surface area contributed by atoms with E-state index >= 15 is 0 Å². The molecular formula is C8H13N2O-. The van der Waals surface area contributed by atoms with Crippen LogP contribution in [0.3, 0.4) is 0 Å². The van der Waals surface area contributed by atoms with Gasteiger partial charge in [-0.1, -0.05) is 5.57 Å². The smallest absolute Gasteiger partial charge is 0.0780 e. The molecule has 3 nitrogen and oxygen atoms in total. The number of hydrogen-bond acceptors (Lipinski definition) is 2. The third-order valence-corrected chi connectivity index (χ3v) is 1.74. The highest BCUT2D eigenvalue weighted by atomic mass is 16.3. The zero-order chi connectivity index (χ0) is 8.43. The number of hydrogen-bond donors (Lipinski definition) is 2. The van der Waals surface area contributed by atoms with Crippen molar-refractivity contribution in [3.8, 4) is 0 Å². The summed E-state index contributed by atoms with van der Waals surface area (Å²) >= 11 is 0. The summed E-state index contributed by atoms with van der Waals surface area (Å²) in [5.74, 6) is 0. The molecule has 0 radical (unpaired) electrons. The number of rotatable bonds is 1. The van der Waals surface area contributed by atoms with Crippen molar-refractivity contribution < 1.29 is 5.11 Å². The minimum absolute atomic E-state index is 0.422. The van der Waals surface area contributed by atoms with Gasteiger partial charge in [0.2, 0.25) is 0 Å². The molecule has 1 aliphatic heterocycles. The van der Waals surface area contributed by atoms with Crippen molar-refractivity contribution in [3.63, 3.8) is 0 Å². The van der Waals surface area contributed by atoms with E-state index in [0.717, 1.165) is 16.8 Å². The van der Waals surface area contributed by atoms with Crippen molar-refractivity contribution in [1.82, 2.24) is 5.43 Å². The molecule has 0 amide bonds. The predicted octanol–water partition coefficient (Wildman–Crippen LogP) is 1.44. The van der Waals surface area contributed by atoms with E-state index in [1.54, 1.807) is 13.1 Å². The molecule has 3 heteroatoms. The van der Waals surface area contributed by atoms with Crippen molar-refractivity contribution in [2.24, 2.45) is 0 Å². The first-order valence-corrected chi connectivity index (χ1v) is 3.64. The molecule has 1 atom stereocenters. The van der Waals surface area contributed by atoms with E-state index in [1.807, 2.05) is 13.8 Å². The van der Waals surface area contributed by atoms with E-state index in [0.29, 0.717) is 0 Å². The molecule has 1 heterocycles. The minimum Gasteiger partial charge on any atom is -0.604 e. The lowest BCUT2D eigenvalue weighted by atomic mass is 10.0. The van der Waals surface area contributed by atoms with Crippen molar-refractivity contribution in [2.75, 3.05) is 0 Å². The van der Waals surface area contributed by atoms with Gasteiger partial charge >= 0.3 is 0 Å². The first-order chi connectivity index (χ1) is 5.13. The van der Waals surface area contributed by atoms with Gasteiger partial charge in [0.1, 0.15) is 0 Å². The van der Waals surface area contributed by atoms with Gasteiger partial charge in [-0.05, 0) is 26.3 Å². The number of aliphatic hydroxyl groups excluding tert-OH is 1. The van der Waals surface area contributed by atoms with Crippen LogP contribution in [0.5, 0.6) is 0 Å². The Morgan fingerprint density at radius 3 is 2.55 bits per heavy atom. The van der Waals surface area contributed by atoms with Gasteiger partial charge in [-0.25, -0.2) is 0 Å². The van der Waals surface area contributed by atoms with E-state index in [1.165, 1.54) is 0 Å². The van der Waals surface area contributed by atoms with Crippen LogP contribution in [0.2, 0.25) is 0 Å². The van der Waals surface area contributed by atoms with Gasteiger partial charge in [-0.3, -0.25) is 0 Å². The topological polar surface area (TPSA) is 46.4 Å². The van der Waals surface area contributed by atoms with Gasteiger partial charge in [-0.15, -0.1) is 0 Å². The molecule has 0 aliphatic carbocycles. The molecule has 0 unspecified atom stereocenters. The summed E-state index contributed by atoms with van der Waals surface area (Å²) in [6, 6.07) is 0. The molecule has 0 bridgehead atoms. The summed E-state index contributed by atoms with van der Waals surface area (Å²) in [6.45, 7) is 5.60. The van der Waals surface area contributed by atoms with E-state index in [9.17, 15) is 5.11 Å². The SMILES string of the molecule is CC1=C[N-]NC(C)=C1[C@H](C)O. The summed E-state index contributed by atoms with van der Waals surface area (Å²) in [4.78, 5) is 0. The Kier molecular flexibility index (Phi) is 2.19. The molecule has 0 aromatic carbocycles. The second-order valence-electron chi connectivity index (χ2n) is 2.77. The molecule has 0 saturated carbocycles. The van der Waals surface area contributed by atoms with Gasteiger partial charge in [0, 0.05) is 5.70 Å². The maximum absolute atomic E-state index is 9.34. The lowest BCUT2D eigenvalue weighted by molar-refractivity contribution is 0.231. The second kappa shape index (κ2) is 2.96. The van der Waals surface area contributed by atoms with Gasteiger partial charge < -0.3 is 16.0 Å². The molecule has 1 rings (SSSR count). The normalized spacial score (nSPS) is 20.2. The molecular weight excluding hydrogens is 140 g/mol. The highest BCUT2D eigenvalue weighted by Crippen LogP contribution is 2.21. The van der Waals surface area contributed by atoms with Crippen LogP contribution in [-0.2, 0) is 0 Å². The Morgan fingerprint density at radius 1 is 1.55 bits per heavy atom. The van der Waals surface area contributed by atoms with Crippen LogP contribution in [-0.4, -0.2) is 11.2 Å². The van der Waals surface area contributed by atoms with E-state index in [-0.39, 0.29) is 0 Å². The van der Waals surface area contributed by atoms with E-state index < -0.39 is 6.10 Å². The maximum Gasteiger partial charge on any atom is 0.0780 e. The lowest BCUT2D eigenvalue weighted by Crippen LogP contribution is -2.18. The van der Waals surface area contributed by atoms with Crippen LogP contribution < -0.4 is 5.43 Å². The number of aliphatic hydroxyl groups is 1. The first kappa shape index (κ1) is 8.14. The monoisotopic (exact) mass is 153 g/mol. The van der Waals surface area contributed by atoms with Crippen molar-refractivity contribution in [1.29, 1.82) is 0 Å². The van der Waals surface area contributed by atoms with Crippen molar-refractivity contribution in [3.05, 3.63) is 28.5 Å². The number of allylic oxidation sites excluding steroid dienone is 1. The van der Waals surface area contributed by atoms with E-state index in [4.69, 9.17) is 0 Å². The van der Waals surface area contributed by atoms with Crippen LogP contribution in [0.4, 0.5) is 0 Å². The average Bonchev–Trinajstić information content (AvgIpc) is 1.85. The van der Waals surface area contributed by atoms with Crippen LogP contribution in [0.25, 0.3) is 5.43 Å². The number of nitrogens with one attached hydrogen (secondary N) is 1. The summed E-state index contributed by atoms with van der Waals surface area (Å²) in [5.41, 5.74) is 9.60. The van der Waals surface area contributed by atoms with Crippen LogP contribution in [0, 0.1) is 0 Å². The van der Waals surface area contributed by atoms with Crippen LogP contribution in [0.15, 0.2) is 23.0 Å². The molecule has 0 saturated heterocycles. The van der Waals surface area contributed by atoms with Gasteiger partial charge in [0.25, 0.3) is 0 Å². The van der Waals surface area contributed by atoms with E-state index in [2.05, 4.69) is 10.9 Å². The Hall–Kier alpha value is -0.960. The molecule has 2 N–H and O–H groups in total. The Labute approximate surface area is 66.8 Å². The lowest BCUT2D eigenvalue weighted by Gasteiger charge is -2.31. The quantitative estimate of drug-likeness (QED) is 0.598. The third kappa shape index (κ3) is 1.54. The highest BCUT2D eigenvalue weighted by Gasteiger charge is 2.09. The van der Waals surface area contributed by atoms with Gasteiger partial charge in [-0.2, -0.15) is 6.20 Å². The predicted molar refractivity (Wildman–Crippen MR) is 44.6 cm³/mol. The Bertz CT molecular complexity index is 216. The average molecular weight is 153 g/mol.